The lowest BCUT2D eigenvalue weighted by Crippen LogP contribution is -2.47. The Hall–Kier alpha value is -1.42. The monoisotopic (exact) mass is 297 g/mol. The molecule has 3 N–H and O–H groups in total. The fourth-order valence-corrected chi connectivity index (χ4v) is 2.19. The van der Waals surface area contributed by atoms with E-state index in [1.807, 2.05) is 18.9 Å². The highest BCUT2D eigenvalue weighted by Gasteiger charge is 2.21. The minimum Gasteiger partial charge on any atom is -0.397 e. The SMILES string of the molecule is CCC(CC)NC(=O)C(C)N(C)c1cc(Cl)ccc1N. The molecular weight excluding hydrogens is 274 g/mol. The molecule has 4 nitrogen and oxygen atoms in total. The van der Waals surface area contributed by atoms with Crippen LogP contribution in [0.5, 0.6) is 0 Å². The van der Waals surface area contributed by atoms with Crippen LogP contribution < -0.4 is 16.0 Å². The lowest BCUT2D eigenvalue weighted by molar-refractivity contribution is -0.122. The van der Waals surface area contributed by atoms with E-state index in [-0.39, 0.29) is 18.0 Å². The second-order valence-electron chi connectivity index (χ2n) is 5.01. The molecule has 1 atom stereocenters. The first-order valence-electron chi connectivity index (χ1n) is 6.98. The van der Waals surface area contributed by atoms with Gasteiger partial charge in [0.25, 0.3) is 0 Å². The average Bonchev–Trinajstić information content (AvgIpc) is 2.45. The molecule has 0 aromatic heterocycles. The molecular formula is C15H24ClN3O. The number of hydrogen-bond acceptors (Lipinski definition) is 3. The molecule has 0 aliphatic heterocycles. The van der Waals surface area contributed by atoms with Gasteiger partial charge in [-0.05, 0) is 38.0 Å². The summed E-state index contributed by atoms with van der Waals surface area (Å²) >= 11 is 5.99. The van der Waals surface area contributed by atoms with E-state index >= 15 is 0 Å². The molecule has 0 bridgehead atoms. The predicted octanol–water partition coefficient (Wildman–Crippen LogP) is 3.05. The molecule has 20 heavy (non-hydrogen) atoms. The summed E-state index contributed by atoms with van der Waals surface area (Å²) in [4.78, 5) is 14.1. The largest absolute Gasteiger partial charge is 0.397 e. The summed E-state index contributed by atoms with van der Waals surface area (Å²) in [7, 11) is 1.85. The molecule has 0 spiro atoms. The van der Waals surface area contributed by atoms with Crippen LogP contribution in [0.1, 0.15) is 33.6 Å². The van der Waals surface area contributed by atoms with Crippen LogP contribution in [0.4, 0.5) is 11.4 Å². The zero-order valence-electron chi connectivity index (χ0n) is 12.6. The fourth-order valence-electron chi connectivity index (χ4n) is 2.02. The minimum absolute atomic E-state index is 0.000533. The third-order valence-electron chi connectivity index (χ3n) is 3.66. The number of nitrogens with zero attached hydrogens (tertiary/aromatic N) is 1. The number of carbonyl (C=O) groups excluding carboxylic acids is 1. The number of anilines is 2. The maximum absolute atomic E-state index is 12.3. The van der Waals surface area contributed by atoms with Crippen LogP contribution in [-0.4, -0.2) is 25.0 Å². The summed E-state index contributed by atoms with van der Waals surface area (Å²) in [6.45, 7) is 5.99. The number of carbonyl (C=O) groups is 1. The molecule has 1 aromatic carbocycles. The Morgan fingerprint density at radius 3 is 2.55 bits per heavy atom. The van der Waals surface area contributed by atoms with E-state index in [1.165, 1.54) is 0 Å². The highest BCUT2D eigenvalue weighted by molar-refractivity contribution is 6.31. The zero-order valence-corrected chi connectivity index (χ0v) is 13.4. The average molecular weight is 298 g/mol. The van der Waals surface area contributed by atoms with Crippen LogP contribution in [0.15, 0.2) is 18.2 Å². The van der Waals surface area contributed by atoms with E-state index in [0.29, 0.717) is 10.7 Å². The molecule has 0 heterocycles. The van der Waals surface area contributed by atoms with Crippen molar-refractivity contribution in [1.82, 2.24) is 5.32 Å². The van der Waals surface area contributed by atoms with Gasteiger partial charge in [0.15, 0.2) is 0 Å². The van der Waals surface area contributed by atoms with Gasteiger partial charge in [0, 0.05) is 18.1 Å². The van der Waals surface area contributed by atoms with Crippen molar-refractivity contribution in [3.63, 3.8) is 0 Å². The normalized spacial score (nSPS) is 12.3. The maximum atomic E-state index is 12.3. The fraction of sp³-hybridized carbons (Fsp3) is 0.533. The standard InChI is InChI=1S/C15H24ClN3O/c1-5-12(6-2)18-15(20)10(3)19(4)14-9-11(16)7-8-13(14)17/h7-10,12H,5-6,17H2,1-4H3,(H,18,20). The lowest BCUT2D eigenvalue weighted by atomic mass is 10.1. The number of nitrogens with two attached hydrogens (primary N) is 1. The van der Waals surface area contributed by atoms with E-state index in [4.69, 9.17) is 17.3 Å². The van der Waals surface area contributed by atoms with Crippen molar-refractivity contribution in [3.05, 3.63) is 23.2 Å². The Kier molecular flexibility index (Phi) is 6.14. The van der Waals surface area contributed by atoms with Crippen molar-refractivity contribution in [2.45, 2.75) is 45.7 Å². The molecule has 1 rings (SSSR count). The Morgan fingerprint density at radius 2 is 2.00 bits per heavy atom. The van der Waals surface area contributed by atoms with Crippen molar-refractivity contribution in [3.8, 4) is 0 Å². The van der Waals surface area contributed by atoms with E-state index < -0.39 is 0 Å². The first-order valence-corrected chi connectivity index (χ1v) is 7.36. The Balaban J connectivity index is 2.82. The summed E-state index contributed by atoms with van der Waals surface area (Å²) in [5.74, 6) is 0.000533. The number of likely N-dealkylation sites (N-methyl/N-ethyl adjacent to an activating group) is 1. The molecule has 1 aromatic rings. The van der Waals surface area contributed by atoms with Crippen LogP contribution in [0.25, 0.3) is 0 Å². The molecule has 1 unspecified atom stereocenters. The molecule has 1 amide bonds. The van der Waals surface area contributed by atoms with Crippen molar-refractivity contribution in [2.75, 3.05) is 17.7 Å². The number of rotatable bonds is 6. The smallest absolute Gasteiger partial charge is 0.242 e. The number of amides is 1. The molecule has 0 saturated heterocycles. The highest BCUT2D eigenvalue weighted by Crippen LogP contribution is 2.27. The molecule has 5 heteroatoms. The van der Waals surface area contributed by atoms with E-state index in [0.717, 1.165) is 18.5 Å². The Labute approximate surface area is 126 Å². The van der Waals surface area contributed by atoms with Crippen LogP contribution in [-0.2, 0) is 4.79 Å². The van der Waals surface area contributed by atoms with E-state index in [2.05, 4.69) is 19.2 Å². The maximum Gasteiger partial charge on any atom is 0.242 e. The summed E-state index contributed by atoms with van der Waals surface area (Å²) in [5.41, 5.74) is 7.33. The second kappa shape index (κ2) is 7.39. The van der Waals surface area contributed by atoms with Crippen LogP contribution >= 0.6 is 11.6 Å². The van der Waals surface area contributed by atoms with Gasteiger partial charge < -0.3 is 16.0 Å². The Morgan fingerprint density at radius 1 is 1.40 bits per heavy atom. The summed E-state index contributed by atoms with van der Waals surface area (Å²) in [5, 5.41) is 3.65. The summed E-state index contributed by atoms with van der Waals surface area (Å²) in [6, 6.07) is 5.17. The third-order valence-corrected chi connectivity index (χ3v) is 3.90. The van der Waals surface area contributed by atoms with Gasteiger partial charge in [-0.1, -0.05) is 25.4 Å². The van der Waals surface area contributed by atoms with Crippen LogP contribution in [0, 0.1) is 0 Å². The molecule has 112 valence electrons. The van der Waals surface area contributed by atoms with Gasteiger partial charge in [-0.3, -0.25) is 4.79 Å². The van der Waals surface area contributed by atoms with Crippen molar-refractivity contribution in [2.24, 2.45) is 0 Å². The number of halogens is 1. The van der Waals surface area contributed by atoms with Crippen molar-refractivity contribution in [1.29, 1.82) is 0 Å². The van der Waals surface area contributed by atoms with Crippen molar-refractivity contribution >= 4 is 28.9 Å². The van der Waals surface area contributed by atoms with E-state index in [1.54, 1.807) is 18.2 Å². The van der Waals surface area contributed by atoms with Gasteiger partial charge in [0.2, 0.25) is 5.91 Å². The number of nitrogens with one attached hydrogen (secondary N) is 1. The van der Waals surface area contributed by atoms with Gasteiger partial charge in [-0.25, -0.2) is 0 Å². The van der Waals surface area contributed by atoms with Gasteiger partial charge in [-0.15, -0.1) is 0 Å². The van der Waals surface area contributed by atoms with Gasteiger partial charge >= 0.3 is 0 Å². The van der Waals surface area contributed by atoms with Gasteiger partial charge in [0.05, 0.1) is 11.4 Å². The molecule has 0 fully saturated rings. The lowest BCUT2D eigenvalue weighted by Gasteiger charge is -2.29. The Bertz CT molecular complexity index is 460. The van der Waals surface area contributed by atoms with Crippen molar-refractivity contribution < 1.29 is 4.79 Å². The summed E-state index contributed by atoms with van der Waals surface area (Å²) < 4.78 is 0. The first-order chi connectivity index (χ1) is 9.40. The number of nitrogen functional groups attached to an aromatic ring is 1. The third kappa shape index (κ3) is 4.04. The van der Waals surface area contributed by atoms with Gasteiger partial charge in [0.1, 0.15) is 6.04 Å². The first kappa shape index (κ1) is 16.6. The quantitative estimate of drug-likeness (QED) is 0.794. The van der Waals surface area contributed by atoms with Crippen LogP contribution in [0.3, 0.4) is 0 Å². The zero-order chi connectivity index (χ0) is 15.3. The number of hydrogen-bond donors (Lipinski definition) is 2. The predicted molar refractivity (Wildman–Crippen MR) is 86.2 cm³/mol. The molecule has 0 saturated carbocycles. The molecule has 0 aliphatic carbocycles. The highest BCUT2D eigenvalue weighted by atomic mass is 35.5. The van der Waals surface area contributed by atoms with Gasteiger partial charge in [-0.2, -0.15) is 0 Å². The van der Waals surface area contributed by atoms with Crippen LogP contribution in [0.2, 0.25) is 5.02 Å². The topological polar surface area (TPSA) is 58.4 Å². The molecule has 0 aliphatic rings. The number of benzene rings is 1. The minimum atomic E-state index is -0.309. The van der Waals surface area contributed by atoms with E-state index in [9.17, 15) is 4.79 Å². The molecule has 0 radical (unpaired) electrons. The second-order valence-corrected chi connectivity index (χ2v) is 5.45. The summed E-state index contributed by atoms with van der Waals surface area (Å²) in [6.07, 6.45) is 1.86.